The van der Waals surface area contributed by atoms with Crippen LogP contribution in [-0.2, 0) is 14.6 Å². The number of nitrogens with two attached hydrogens (primary N) is 2. The zero-order valence-corrected chi connectivity index (χ0v) is 21.8. The maximum absolute atomic E-state index is 13.9. The van der Waals surface area contributed by atoms with Crippen molar-refractivity contribution in [3.05, 3.63) is 28.8 Å². The molecule has 2 rings (SSSR count). The molecule has 1 aromatic carbocycles. The number of carbonyl (C=O) groups excluding carboxylic acids is 1. The third-order valence-electron chi connectivity index (χ3n) is 6.55. The van der Waals surface area contributed by atoms with Crippen LogP contribution in [-0.4, -0.2) is 38.6 Å². The van der Waals surface area contributed by atoms with Gasteiger partial charge in [0.1, 0.15) is 0 Å². The van der Waals surface area contributed by atoms with Gasteiger partial charge in [-0.15, -0.1) is 0 Å². The van der Waals surface area contributed by atoms with E-state index in [-0.39, 0.29) is 29.6 Å². The summed E-state index contributed by atoms with van der Waals surface area (Å²) in [5, 5.41) is 2.40. The topological polar surface area (TPSA) is 128 Å². The molecule has 1 aliphatic rings. The van der Waals surface area contributed by atoms with Crippen molar-refractivity contribution in [2.24, 2.45) is 22.4 Å². The van der Waals surface area contributed by atoms with Crippen LogP contribution < -0.4 is 16.8 Å². The monoisotopic (exact) mass is 478 g/mol. The second kappa shape index (κ2) is 11.4. The molecular formula is C25H42N4O3S. The van der Waals surface area contributed by atoms with E-state index in [2.05, 4.69) is 64.0 Å². The highest BCUT2D eigenvalue weighted by Crippen LogP contribution is 2.40. The number of hydrogen-bond acceptors (Lipinski definition) is 4. The number of nitrogens with zero attached hydrogens (tertiary/aromatic N) is 1. The largest absolute Gasteiger partial charge is 0.370 e. The lowest BCUT2D eigenvalue weighted by Gasteiger charge is -2.30. The number of amides is 1. The SMILES string of the molecule is CC(C)c1cc(C(C)C)c(S(=O)(=O)C2CCC(C(=O)NCCN=C(N)N)CC2)c(C(C)C)c1. The van der Waals surface area contributed by atoms with Crippen LogP contribution in [0.25, 0.3) is 0 Å². The summed E-state index contributed by atoms with van der Waals surface area (Å²) in [6.45, 7) is 13.2. The molecule has 1 amide bonds. The van der Waals surface area contributed by atoms with Gasteiger partial charge >= 0.3 is 0 Å². The second-order valence-electron chi connectivity index (χ2n) is 10.1. The summed E-state index contributed by atoms with van der Waals surface area (Å²) in [6, 6.07) is 4.17. The van der Waals surface area contributed by atoms with E-state index in [1.165, 1.54) is 5.56 Å². The first kappa shape index (κ1) is 27.2. The summed E-state index contributed by atoms with van der Waals surface area (Å²) < 4.78 is 27.9. The Kier molecular flexibility index (Phi) is 9.35. The minimum absolute atomic E-state index is 0.00192. The Hall–Kier alpha value is -2.09. The molecule has 0 spiro atoms. The van der Waals surface area contributed by atoms with Gasteiger partial charge in [0, 0.05) is 12.5 Å². The van der Waals surface area contributed by atoms with Crippen molar-refractivity contribution in [3.8, 4) is 0 Å². The molecule has 8 heteroatoms. The number of nitrogens with one attached hydrogen (secondary N) is 1. The van der Waals surface area contributed by atoms with Gasteiger partial charge < -0.3 is 16.8 Å². The fraction of sp³-hybridized carbons (Fsp3) is 0.680. The van der Waals surface area contributed by atoms with Crippen molar-refractivity contribution < 1.29 is 13.2 Å². The van der Waals surface area contributed by atoms with Gasteiger partial charge in [0.05, 0.1) is 16.7 Å². The van der Waals surface area contributed by atoms with Gasteiger partial charge in [-0.3, -0.25) is 9.79 Å². The molecule has 0 unspecified atom stereocenters. The van der Waals surface area contributed by atoms with Gasteiger partial charge in [-0.25, -0.2) is 8.42 Å². The van der Waals surface area contributed by atoms with Gasteiger partial charge in [0.2, 0.25) is 5.91 Å². The predicted octanol–water partition coefficient (Wildman–Crippen LogP) is 3.78. The minimum Gasteiger partial charge on any atom is -0.370 e. The summed E-state index contributed by atoms with van der Waals surface area (Å²) >= 11 is 0. The zero-order chi connectivity index (χ0) is 24.9. The van der Waals surface area contributed by atoms with Crippen LogP contribution >= 0.6 is 0 Å². The molecule has 0 radical (unpaired) electrons. The fourth-order valence-electron chi connectivity index (χ4n) is 4.53. The highest BCUT2D eigenvalue weighted by molar-refractivity contribution is 7.92. The number of rotatable bonds is 9. The molecule has 1 aliphatic carbocycles. The van der Waals surface area contributed by atoms with E-state index in [1.807, 2.05) is 0 Å². The van der Waals surface area contributed by atoms with Crippen LogP contribution in [0.1, 0.15) is 102 Å². The van der Waals surface area contributed by atoms with E-state index in [4.69, 9.17) is 11.5 Å². The van der Waals surface area contributed by atoms with E-state index in [1.54, 1.807) is 0 Å². The molecule has 0 heterocycles. The van der Waals surface area contributed by atoms with Crippen LogP contribution in [0.2, 0.25) is 0 Å². The third-order valence-corrected chi connectivity index (χ3v) is 8.94. The van der Waals surface area contributed by atoms with Crippen LogP contribution in [0.4, 0.5) is 0 Å². The van der Waals surface area contributed by atoms with E-state index >= 15 is 0 Å². The number of sulfone groups is 1. The summed E-state index contributed by atoms with van der Waals surface area (Å²) in [4.78, 5) is 16.9. The molecule has 0 bridgehead atoms. The van der Waals surface area contributed by atoms with Crippen molar-refractivity contribution in [2.75, 3.05) is 13.1 Å². The second-order valence-corrected chi connectivity index (χ2v) is 12.3. The van der Waals surface area contributed by atoms with Crippen LogP contribution in [0, 0.1) is 5.92 Å². The molecular weight excluding hydrogens is 436 g/mol. The van der Waals surface area contributed by atoms with Crippen LogP contribution in [0.3, 0.4) is 0 Å². The summed E-state index contributed by atoms with van der Waals surface area (Å²) in [5.74, 6) is 0.323. The average Bonchev–Trinajstić information content (AvgIpc) is 2.75. The first-order valence-electron chi connectivity index (χ1n) is 12.1. The standard InChI is InChI=1S/C25H42N4O3S/c1-15(2)19-13-21(16(3)4)23(22(14-19)17(5)6)33(31,32)20-9-7-18(8-10-20)24(30)28-11-12-29-25(26)27/h13-18,20H,7-12H2,1-6H3,(H,28,30)(H4,26,27,29). The molecule has 1 saturated carbocycles. The maximum Gasteiger partial charge on any atom is 0.223 e. The predicted molar refractivity (Wildman–Crippen MR) is 135 cm³/mol. The van der Waals surface area contributed by atoms with Gasteiger partial charge in [-0.2, -0.15) is 0 Å². The van der Waals surface area contributed by atoms with Gasteiger partial charge in [0.15, 0.2) is 15.8 Å². The number of aliphatic imine (C=N–C) groups is 1. The van der Waals surface area contributed by atoms with Gasteiger partial charge in [0.25, 0.3) is 0 Å². The molecule has 7 nitrogen and oxygen atoms in total. The highest BCUT2D eigenvalue weighted by Gasteiger charge is 2.37. The fourth-order valence-corrected chi connectivity index (χ4v) is 7.00. The Bertz CT molecular complexity index is 927. The summed E-state index contributed by atoms with van der Waals surface area (Å²) in [6.07, 6.45) is 2.12. The number of carbonyl (C=O) groups is 1. The van der Waals surface area contributed by atoms with Gasteiger partial charge in [-0.05, 0) is 60.1 Å². The Morgan fingerprint density at radius 2 is 1.48 bits per heavy atom. The third kappa shape index (κ3) is 6.71. The van der Waals surface area contributed by atoms with E-state index < -0.39 is 15.1 Å². The number of benzene rings is 1. The Balaban J connectivity index is 2.24. The molecule has 0 atom stereocenters. The maximum atomic E-state index is 13.9. The normalized spacial score (nSPS) is 19.2. The molecule has 1 fully saturated rings. The Morgan fingerprint density at radius 3 is 1.91 bits per heavy atom. The van der Waals surface area contributed by atoms with Gasteiger partial charge in [-0.1, -0.05) is 53.7 Å². The van der Waals surface area contributed by atoms with Crippen molar-refractivity contribution in [3.63, 3.8) is 0 Å². The van der Waals surface area contributed by atoms with E-state index in [0.29, 0.717) is 49.6 Å². The van der Waals surface area contributed by atoms with Crippen molar-refractivity contribution in [1.29, 1.82) is 0 Å². The lowest BCUT2D eigenvalue weighted by atomic mass is 9.88. The molecule has 186 valence electrons. The average molecular weight is 479 g/mol. The Morgan fingerprint density at radius 1 is 0.970 bits per heavy atom. The van der Waals surface area contributed by atoms with Crippen molar-refractivity contribution in [2.45, 2.75) is 95.1 Å². The smallest absolute Gasteiger partial charge is 0.223 e. The molecule has 33 heavy (non-hydrogen) atoms. The molecule has 1 aromatic rings. The van der Waals surface area contributed by atoms with E-state index in [9.17, 15) is 13.2 Å². The molecule has 0 saturated heterocycles. The summed E-state index contributed by atoms with van der Waals surface area (Å²) in [7, 11) is -3.51. The molecule has 5 N–H and O–H groups in total. The van der Waals surface area contributed by atoms with Crippen molar-refractivity contribution in [1.82, 2.24) is 5.32 Å². The number of guanidine groups is 1. The highest BCUT2D eigenvalue weighted by atomic mass is 32.2. The lowest BCUT2D eigenvalue weighted by Crippen LogP contribution is -2.37. The minimum atomic E-state index is -3.51. The number of hydrogen-bond donors (Lipinski definition) is 3. The van der Waals surface area contributed by atoms with E-state index in [0.717, 1.165) is 11.1 Å². The van der Waals surface area contributed by atoms with Crippen molar-refractivity contribution >= 4 is 21.7 Å². The lowest BCUT2D eigenvalue weighted by molar-refractivity contribution is -0.125. The molecule has 0 aromatic heterocycles. The quantitative estimate of drug-likeness (QED) is 0.283. The van der Waals surface area contributed by atoms with Crippen LogP contribution in [0.15, 0.2) is 22.0 Å². The zero-order valence-electron chi connectivity index (χ0n) is 21.0. The summed E-state index contributed by atoms with van der Waals surface area (Å²) in [5.41, 5.74) is 13.6. The van der Waals surface area contributed by atoms with Crippen LogP contribution in [0.5, 0.6) is 0 Å². The Labute approximate surface area is 199 Å². The first-order valence-corrected chi connectivity index (χ1v) is 13.7. The first-order chi connectivity index (χ1) is 15.4. The molecule has 0 aliphatic heterocycles.